The molecule has 1 rings (SSSR count). The minimum atomic E-state index is -1.08. The smallest absolute Gasteiger partial charge is 0.412 e. The van der Waals surface area contributed by atoms with Gasteiger partial charge in [0.1, 0.15) is 16.3 Å². The van der Waals surface area contributed by atoms with Gasteiger partial charge in [0.2, 0.25) is 5.95 Å². The lowest BCUT2D eigenvalue weighted by molar-refractivity contribution is 0.0635. The average molecular weight is 265 g/mol. The van der Waals surface area contributed by atoms with E-state index in [9.17, 15) is 13.6 Å². The molecule has 0 saturated carbocycles. The number of pyridine rings is 1. The van der Waals surface area contributed by atoms with Crippen LogP contribution < -0.4 is 5.32 Å². The maximum Gasteiger partial charge on any atom is 0.412 e. The van der Waals surface area contributed by atoms with Gasteiger partial charge < -0.3 is 4.74 Å². The summed E-state index contributed by atoms with van der Waals surface area (Å²) in [6.07, 6.45) is -0.316. The summed E-state index contributed by atoms with van der Waals surface area (Å²) in [6.45, 7) is 4.90. The number of nitrogens with one attached hydrogen (secondary N) is 1. The normalized spacial score (nSPS) is 11.2. The molecular weight excluding hydrogens is 254 g/mol. The van der Waals surface area contributed by atoms with E-state index in [0.29, 0.717) is 6.20 Å². The van der Waals surface area contributed by atoms with E-state index < -0.39 is 34.2 Å². The average Bonchev–Trinajstić information content (AvgIpc) is 2.16. The molecule has 0 bridgehead atoms. The Labute approximate surface area is 102 Å². The maximum atomic E-state index is 13.2. The third-order valence-corrected chi connectivity index (χ3v) is 1.92. The second-order valence-electron chi connectivity index (χ2n) is 4.21. The molecule has 0 radical (unpaired) electrons. The Bertz CT molecular complexity index is 447. The number of hydrogen-bond donors (Lipinski definition) is 1. The summed E-state index contributed by atoms with van der Waals surface area (Å²) in [5.41, 5.74) is -1.30. The molecular formula is C10H11ClF2N2O2. The zero-order valence-corrected chi connectivity index (χ0v) is 10.2. The first-order chi connectivity index (χ1) is 7.70. The van der Waals surface area contributed by atoms with Crippen molar-refractivity contribution in [3.8, 4) is 0 Å². The third-order valence-electron chi connectivity index (χ3n) is 1.55. The predicted molar refractivity (Wildman–Crippen MR) is 59.0 cm³/mol. The summed E-state index contributed by atoms with van der Waals surface area (Å²) in [4.78, 5) is 14.4. The molecule has 1 heterocycles. The van der Waals surface area contributed by atoms with E-state index >= 15 is 0 Å². The van der Waals surface area contributed by atoms with E-state index in [4.69, 9.17) is 16.3 Å². The summed E-state index contributed by atoms with van der Waals surface area (Å²) in [7, 11) is 0. The predicted octanol–water partition coefficient (Wildman–Crippen LogP) is 3.36. The van der Waals surface area contributed by atoms with Gasteiger partial charge in [-0.15, -0.1) is 0 Å². The SMILES string of the molecule is CC(C)(C)OC(=O)Nc1c(F)ncc(F)c1Cl. The fourth-order valence-corrected chi connectivity index (χ4v) is 1.13. The van der Waals surface area contributed by atoms with Gasteiger partial charge in [-0.05, 0) is 20.8 Å². The highest BCUT2D eigenvalue weighted by Gasteiger charge is 2.20. The van der Waals surface area contributed by atoms with Crippen LogP contribution in [0.3, 0.4) is 0 Å². The quantitative estimate of drug-likeness (QED) is 0.791. The van der Waals surface area contributed by atoms with Crippen LogP contribution in [-0.4, -0.2) is 16.7 Å². The number of carbonyl (C=O) groups is 1. The van der Waals surface area contributed by atoms with Crippen molar-refractivity contribution < 1.29 is 18.3 Å². The zero-order chi connectivity index (χ0) is 13.2. The lowest BCUT2D eigenvalue weighted by Gasteiger charge is -2.19. The lowest BCUT2D eigenvalue weighted by atomic mass is 10.2. The summed E-state index contributed by atoms with van der Waals surface area (Å²) in [5.74, 6) is -2.01. The molecule has 0 saturated heterocycles. The monoisotopic (exact) mass is 264 g/mol. The molecule has 1 aromatic rings. The molecule has 0 aliphatic heterocycles. The second-order valence-corrected chi connectivity index (χ2v) is 4.59. The lowest BCUT2D eigenvalue weighted by Crippen LogP contribution is -2.27. The Kier molecular flexibility index (Phi) is 3.87. The number of nitrogens with zero attached hydrogens (tertiary/aromatic N) is 1. The maximum absolute atomic E-state index is 13.2. The Hall–Kier alpha value is -1.43. The van der Waals surface area contributed by atoms with Crippen LogP contribution in [0.4, 0.5) is 19.3 Å². The standard InChI is InChI=1S/C10H11ClF2N2O2/c1-10(2,3)17-9(16)15-7-6(11)5(12)4-14-8(7)13/h4H,1-3H3,(H,15,16). The number of hydrogen-bond acceptors (Lipinski definition) is 3. The van der Waals surface area contributed by atoms with Crippen molar-refractivity contribution in [1.82, 2.24) is 4.98 Å². The minimum Gasteiger partial charge on any atom is -0.444 e. The van der Waals surface area contributed by atoms with E-state index in [1.165, 1.54) is 0 Å². The number of rotatable bonds is 1. The molecule has 0 aliphatic carbocycles. The van der Waals surface area contributed by atoms with E-state index in [0.717, 1.165) is 0 Å². The number of carbonyl (C=O) groups excluding carboxylic acids is 1. The molecule has 1 aromatic heterocycles. The van der Waals surface area contributed by atoms with Gasteiger partial charge >= 0.3 is 6.09 Å². The van der Waals surface area contributed by atoms with Crippen molar-refractivity contribution in [3.63, 3.8) is 0 Å². The Morgan fingerprint density at radius 3 is 2.59 bits per heavy atom. The van der Waals surface area contributed by atoms with Gasteiger partial charge in [-0.1, -0.05) is 11.6 Å². The van der Waals surface area contributed by atoms with Crippen LogP contribution in [0.25, 0.3) is 0 Å². The zero-order valence-electron chi connectivity index (χ0n) is 9.47. The van der Waals surface area contributed by atoms with Crippen molar-refractivity contribution in [3.05, 3.63) is 23.0 Å². The molecule has 0 spiro atoms. The van der Waals surface area contributed by atoms with Crippen LogP contribution in [-0.2, 0) is 4.74 Å². The first kappa shape index (κ1) is 13.6. The molecule has 0 aromatic carbocycles. The van der Waals surface area contributed by atoms with Gasteiger partial charge in [0.25, 0.3) is 0 Å². The van der Waals surface area contributed by atoms with Gasteiger partial charge in [0, 0.05) is 0 Å². The molecule has 7 heteroatoms. The summed E-state index contributed by atoms with van der Waals surface area (Å²) < 4.78 is 31.1. The third kappa shape index (κ3) is 3.81. The van der Waals surface area contributed by atoms with Crippen molar-refractivity contribution in [2.24, 2.45) is 0 Å². The molecule has 1 N–H and O–H groups in total. The van der Waals surface area contributed by atoms with Crippen LogP contribution >= 0.6 is 11.6 Å². The highest BCUT2D eigenvalue weighted by atomic mass is 35.5. The van der Waals surface area contributed by atoms with E-state index in [2.05, 4.69) is 4.98 Å². The fraction of sp³-hybridized carbons (Fsp3) is 0.400. The van der Waals surface area contributed by atoms with Gasteiger partial charge in [0.05, 0.1) is 6.20 Å². The topological polar surface area (TPSA) is 51.2 Å². The van der Waals surface area contributed by atoms with Gasteiger partial charge in [-0.2, -0.15) is 4.39 Å². The van der Waals surface area contributed by atoms with E-state index in [1.54, 1.807) is 20.8 Å². The van der Waals surface area contributed by atoms with Crippen LogP contribution in [0, 0.1) is 11.8 Å². The van der Waals surface area contributed by atoms with Gasteiger partial charge in [0.15, 0.2) is 5.82 Å². The molecule has 0 fully saturated rings. The molecule has 0 aliphatic rings. The van der Waals surface area contributed by atoms with Crippen molar-refractivity contribution in [2.75, 3.05) is 5.32 Å². The van der Waals surface area contributed by atoms with Crippen molar-refractivity contribution in [2.45, 2.75) is 26.4 Å². The Morgan fingerprint density at radius 1 is 1.47 bits per heavy atom. The Balaban J connectivity index is 2.89. The summed E-state index contributed by atoms with van der Waals surface area (Å²) >= 11 is 5.49. The first-order valence-corrected chi connectivity index (χ1v) is 5.08. The Morgan fingerprint density at radius 2 is 2.06 bits per heavy atom. The van der Waals surface area contributed by atoms with Crippen LogP contribution in [0.1, 0.15) is 20.8 Å². The van der Waals surface area contributed by atoms with E-state index in [1.807, 2.05) is 5.32 Å². The molecule has 1 amide bonds. The number of amides is 1. The van der Waals surface area contributed by atoms with Crippen LogP contribution in [0.2, 0.25) is 5.02 Å². The summed E-state index contributed by atoms with van der Waals surface area (Å²) in [5, 5.41) is 1.45. The molecule has 4 nitrogen and oxygen atoms in total. The number of halogens is 3. The molecule has 17 heavy (non-hydrogen) atoms. The highest BCUT2D eigenvalue weighted by Crippen LogP contribution is 2.26. The van der Waals surface area contributed by atoms with Crippen LogP contribution in [0.15, 0.2) is 6.20 Å². The largest absolute Gasteiger partial charge is 0.444 e. The number of aromatic nitrogens is 1. The molecule has 94 valence electrons. The fourth-order valence-electron chi connectivity index (χ4n) is 0.957. The second kappa shape index (κ2) is 4.83. The van der Waals surface area contributed by atoms with Crippen molar-refractivity contribution in [1.29, 1.82) is 0 Å². The minimum absolute atomic E-state index is 0.541. The van der Waals surface area contributed by atoms with E-state index in [-0.39, 0.29) is 0 Å². The molecule has 0 atom stereocenters. The highest BCUT2D eigenvalue weighted by molar-refractivity contribution is 6.33. The number of anilines is 1. The van der Waals surface area contributed by atoms with Crippen molar-refractivity contribution >= 4 is 23.4 Å². The van der Waals surface area contributed by atoms with Crippen LogP contribution in [0.5, 0.6) is 0 Å². The van der Waals surface area contributed by atoms with Gasteiger partial charge in [-0.3, -0.25) is 5.32 Å². The van der Waals surface area contributed by atoms with Gasteiger partial charge in [-0.25, -0.2) is 14.2 Å². The molecule has 0 unspecified atom stereocenters. The number of ether oxygens (including phenoxy) is 1. The first-order valence-electron chi connectivity index (χ1n) is 4.70. The summed E-state index contributed by atoms with van der Waals surface area (Å²) in [6, 6.07) is 0.